The zero-order valence-corrected chi connectivity index (χ0v) is 24.0. The van der Waals surface area contributed by atoms with Crippen molar-refractivity contribution in [2.24, 2.45) is 0 Å². The number of nitrogens with zero attached hydrogens (tertiary/aromatic N) is 2. The maximum atomic E-state index is 11.5. The van der Waals surface area contributed by atoms with Crippen LogP contribution in [0.4, 0.5) is 28.4 Å². The third-order valence-electron chi connectivity index (χ3n) is 7.87. The summed E-state index contributed by atoms with van der Waals surface area (Å²) in [6.45, 7) is 2.01. The molecule has 0 amide bonds. The normalized spacial score (nSPS) is 13.3. The molecule has 6 heteroatoms. The van der Waals surface area contributed by atoms with Crippen LogP contribution in [0.2, 0.25) is 5.02 Å². The first-order valence-corrected chi connectivity index (χ1v) is 14.5. The predicted octanol–water partition coefficient (Wildman–Crippen LogP) is 8.29. The van der Waals surface area contributed by atoms with Crippen LogP contribution in [0.1, 0.15) is 32.6 Å². The van der Waals surface area contributed by atoms with Crippen LogP contribution in [0.25, 0.3) is 0 Å². The maximum Gasteiger partial charge on any atom is 0.336 e. The van der Waals surface area contributed by atoms with Crippen molar-refractivity contribution in [1.82, 2.24) is 0 Å². The number of carboxylic acid groups (broad SMARTS) is 1. The van der Waals surface area contributed by atoms with Crippen LogP contribution >= 0.6 is 11.6 Å². The minimum absolute atomic E-state index is 0.268. The van der Waals surface area contributed by atoms with Gasteiger partial charge in [0.25, 0.3) is 0 Å². The summed E-state index contributed by atoms with van der Waals surface area (Å²) in [4.78, 5) is 16.2. The summed E-state index contributed by atoms with van der Waals surface area (Å²) in [6, 6.07) is 38.5. The van der Waals surface area contributed by atoms with E-state index in [4.69, 9.17) is 17.3 Å². The highest BCUT2D eigenvalue weighted by molar-refractivity contribution is 6.31. The number of anilines is 5. The van der Waals surface area contributed by atoms with Crippen molar-refractivity contribution in [2.75, 3.05) is 28.6 Å². The number of nitrogen functional groups attached to an aromatic ring is 1. The quantitative estimate of drug-likeness (QED) is 0.207. The number of rotatable bonds is 5. The third-order valence-corrected chi connectivity index (χ3v) is 8.11. The Labute approximate surface area is 251 Å². The van der Waals surface area contributed by atoms with Crippen LogP contribution in [0, 0.1) is 0 Å². The number of carbonyl (C=O) groups is 1. The molecule has 0 saturated carbocycles. The highest BCUT2D eigenvalue weighted by Crippen LogP contribution is 2.36. The van der Waals surface area contributed by atoms with Gasteiger partial charge in [0.05, 0.1) is 5.56 Å². The van der Waals surface area contributed by atoms with Gasteiger partial charge in [-0.1, -0.05) is 66.2 Å². The van der Waals surface area contributed by atoms with Crippen LogP contribution < -0.4 is 15.5 Å². The number of hydrogen-bond donors (Lipinski definition) is 2. The second-order valence-corrected chi connectivity index (χ2v) is 11.0. The number of nitrogens with two attached hydrogens (primary N) is 1. The Morgan fingerprint density at radius 1 is 0.714 bits per heavy atom. The van der Waals surface area contributed by atoms with Crippen molar-refractivity contribution >= 4 is 46.0 Å². The minimum Gasteiger partial charge on any atom is -0.478 e. The molecule has 0 fully saturated rings. The third kappa shape index (κ3) is 5.83. The Bertz CT molecular complexity index is 1720. The molecule has 210 valence electrons. The molecule has 2 aliphatic rings. The summed E-state index contributed by atoms with van der Waals surface area (Å²) in [6.07, 6.45) is 2.65. The largest absolute Gasteiger partial charge is 0.478 e. The van der Waals surface area contributed by atoms with Gasteiger partial charge < -0.3 is 20.6 Å². The topological polar surface area (TPSA) is 69.8 Å². The first-order chi connectivity index (χ1) is 20.5. The van der Waals surface area contributed by atoms with E-state index in [1.165, 1.54) is 39.9 Å². The van der Waals surface area contributed by atoms with E-state index in [9.17, 15) is 9.90 Å². The molecular weight excluding hydrogens is 542 g/mol. The fourth-order valence-electron chi connectivity index (χ4n) is 5.86. The Morgan fingerprint density at radius 2 is 1.29 bits per heavy atom. The number of aromatic carboxylic acids is 1. The molecule has 5 nitrogen and oxygen atoms in total. The number of para-hydroxylation sites is 2. The maximum absolute atomic E-state index is 11.5. The van der Waals surface area contributed by atoms with E-state index in [2.05, 4.69) is 88.7 Å². The van der Waals surface area contributed by atoms with Crippen molar-refractivity contribution in [3.63, 3.8) is 0 Å². The summed E-state index contributed by atoms with van der Waals surface area (Å²) in [5.74, 6) is -0.945. The highest BCUT2D eigenvalue weighted by Gasteiger charge is 2.22. The van der Waals surface area contributed by atoms with E-state index in [1.807, 2.05) is 18.2 Å². The Morgan fingerprint density at radius 3 is 1.88 bits per heavy atom. The summed E-state index contributed by atoms with van der Waals surface area (Å²) < 4.78 is 0. The Kier molecular flexibility index (Phi) is 7.85. The van der Waals surface area contributed by atoms with E-state index in [0.29, 0.717) is 11.4 Å². The van der Waals surface area contributed by atoms with E-state index in [1.54, 1.807) is 12.1 Å². The van der Waals surface area contributed by atoms with Gasteiger partial charge in [0, 0.05) is 46.5 Å². The minimum atomic E-state index is -0.945. The SMILES string of the molecule is Nc1ccc2c(c1)CCN2c1ccccc1.O=C(O)c1cc(Cl)ccc1Cc1ccc2c(c1)CCN2c1ccccc1. The highest BCUT2D eigenvalue weighted by atomic mass is 35.5. The zero-order chi connectivity index (χ0) is 29.1. The number of halogens is 1. The van der Waals surface area contributed by atoms with Gasteiger partial charge in [-0.05, 0) is 102 Å². The monoisotopic (exact) mass is 573 g/mol. The van der Waals surface area contributed by atoms with E-state index in [0.717, 1.165) is 42.7 Å². The molecular formula is C36H32ClN3O2. The van der Waals surface area contributed by atoms with Gasteiger partial charge in [-0.3, -0.25) is 0 Å². The second kappa shape index (κ2) is 12.0. The predicted molar refractivity (Wildman–Crippen MR) is 173 cm³/mol. The molecule has 7 rings (SSSR count). The lowest BCUT2D eigenvalue weighted by molar-refractivity contribution is 0.0696. The molecule has 0 radical (unpaired) electrons. The lowest BCUT2D eigenvalue weighted by atomic mass is 9.98. The summed E-state index contributed by atoms with van der Waals surface area (Å²) in [5, 5.41) is 9.86. The van der Waals surface area contributed by atoms with Gasteiger partial charge in [-0.25, -0.2) is 4.79 Å². The molecule has 0 unspecified atom stereocenters. The number of carboxylic acids is 1. The summed E-state index contributed by atoms with van der Waals surface area (Å²) in [5.41, 5.74) is 16.4. The first kappa shape index (κ1) is 27.4. The molecule has 0 atom stereocenters. The average Bonchev–Trinajstić information content (AvgIpc) is 3.63. The molecule has 0 bridgehead atoms. The van der Waals surface area contributed by atoms with Crippen molar-refractivity contribution in [3.05, 3.63) is 148 Å². The van der Waals surface area contributed by atoms with Gasteiger partial charge >= 0.3 is 5.97 Å². The van der Waals surface area contributed by atoms with Gasteiger partial charge in [-0.15, -0.1) is 0 Å². The first-order valence-electron chi connectivity index (χ1n) is 14.1. The smallest absolute Gasteiger partial charge is 0.336 e. The lowest BCUT2D eigenvalue weighted by Gasteiger charge is -2.19. The van der Waals surface area contributed by atoms with Gasteiger partial charge in [0.15, 0.2) is 0 Å². The van der Waals surface area contributed by atoms with E-state index < -0.39 is 5.97 Å². The van der Waals surface area contributed by atoms with Gasteiger partial charge in [0.1, 0.15) is 0 Å². The number of hydrogen-bond acceptors (Lipinski definition) is 4. The standard InChI is InChI=1S/C22H18ClNO2.C14H14N2/c23-18-8-7-16(20(14-18)22(25)26)12-15-6-9-21-17(13-15)10-11-24(21)19-4-2-1-3-5-19;15-12-6-7-14-11(10-12)8-9-16(14)13-4-2-1-3-5-13/h1-9,13-14H,10-12H2,(H,25,26);1-7,10H,8-9,15H2. The molecule has 5 aromatic rings. The fraction of sp³-hybridized carbons (Fsp3) is 0.139. The zero-order valence-electron chi connectivity index (χ0n) is 23.2. The van der Waals surface area contributed by atoms with Crippen molar-refractivity contribution in [2.45, 2.75) is 19.3 Å². The van der Waals surface area contributed by atoms with Crippen LogP contribution in [-0.4, -0.2) is 24.2 Å². The van der Waals surface area contributed by atoms with Crippen LogP contribution in [0.5, 0.6) is 0 Å². The van der Waals surface area contributed by atoms with Crippen molar-refractivity contribution < 1.29 is 9.90 Å². The molecule has 0 aromatic heterocycles. The summed E-state index contributed by atoms with van der Waals surface area (Å²) >= 11 is 5.95. The molecule has 0 aliphatic carbocycles. The summed E-state index contributed by atoms with van der Waals surface area (Å²) in [7, 11) is 0. The Hall–Kier alpha value is -4.74. The van der Waals surface area contributed by atoms with Crippen molar-refractivity contribution in [1.29, 1.82) is 0 Å². The number of fused-ring (bicyclic) bond motifs is 2. The Balaban J connectivity index is 0.000000168. The fourth-order valence-corrected chi connectivity index (χ4v) is 6.03. The molecule has 5 aromatic carbocycles. The van der Waals surface area contributed by atoms with E-state index in [-0.39, 0.29) is 5.56 Å². The lowest BCUT2D eigenvalue weighted by Crippen LogP contribution is -2.12. The molecule has 0 spiro atoms. The number of benzene rings is 5. The average molecular weight is 574 g/mol. The van der Waals surface area contributed by atoms with E-state index >= 15 is 0 Å². The van der Waals surface area contributed by atoms with Crippen molar-refractivity contribution in [3.8, 4) is 0 Å². The molecule has 42 heavy (non-hydrogen) atoms. The van der Waals surface area contributed by atoms with Gasteiger partial charge in [0.2, 0.25) is 0 Å². The molecule has 2 heterocycles. The van der Waals surface area contributed by atoms with Crippen LogP contribution in [0.3, 0.4) is 0 Å². The molecule has 0 saturated heterocycles. The second-order valence-electron chi connectivity index (χ2n) is 10.6. The van der Waals surface area contributed by atoms with Gasteiger partial charge in [-0.2, -0.15) is 0 Å². The molecule has 3 N–H and O–H groups in total. The molecule has 2 aliphatic heterocycles. The van der Waals surface area contributed by atoms with Crippen LogP contribution in [-0.2, 0) is 19.3 Å². The van der Waals surface area contributed by atoms with Crippen LogP contribution in [0.15, 0.2) is 115 Å².